The van der Waals surface area contributed by atoms with Crippen LogP contribution >= 0.6 is 15.9 Å². The number of para-hydroxylation sites is 1. The van der Waals surface area contributed by atoms with E-state index in [1.54, 1.807) is 6.20 Å². The van der Waals surface area contributed by atoms with Crippen LogP contribution in [0.15, 0.2) is 41.0 Å². The summed E-state index contributed by atoms with van der Waals surface area (Å²) in [6, 6.07) is 9.62. The molecule has 92 valence electrons. The Labute approximate surface area is 114 Å². The summed E-state index contributed by atoms with van der Waals surface area (Å²) < 4.78 is 12.8. The molecule has 0 saturated heterocycles. The quantitative estimate of drug-likeness (QED) is 0.803. The van der Waals surface area contributed by atoms with Crippen molar-refractivity contribution in [2.24, 2.45) is 0 Å². The Kier molecular flexibility index (Phi) is 2.55. The second kappa shape index (κ2) is 3.99. The van der Waals surface area contributed by atoms with Gasteiger partial charge in [-0.15, -0.1) is 0 Å². The molecule has 18 heavy (non-hydrogen) atoms. The van der Waals surface area contributed by atoms with Crippen LogP contribution in [0.2, 0.25) is 0 Å². The number of ether oxygens (including phenoxy) is 2. The Balaban J connectivity index is 2.07. The van der Waals surface area contributed by atoms with E-state index in [0.717, 1.165) is 27.2 Å². The van der Waals surface area contributed by atoms with Crippen LogP contribution in [0.25, 0.3) is 0 Å². The fourth-order valence-electron chi connectivity index (χ4n) is 2.17. The second-order valence-electron chi connectivity index (χ2n) is 4.35. The van der Waals surface area contributed by atoms with Gasteiger partial charge in [-0.05, 0) is 47.1 Å². The van der Waals surface area contributed by atoms with Crippen molar-refractivity contribution in [3.63, 3.8) is 0 Å². The molecule has 0 N–H and O–H groups in total. The summed E-state index contributed by atoms with van der Waals surface area (Å²) in [5.41, 5.74) is 1.84. The van der Waals surface area contributed by atoms with Crippen LogP contribution in [0.5, 0.6) is 11.5 Å². The van der Waals surface area contributed by atoms with Crippen LogP contribution in [0, 0.1) is 6.92 Å². The van der Waals surface area contributed by atoms with E-state index in [2.05, 4.69) is 20.9 Å². The highest BCUT2D eigenvalue weighted by Crippen LogP contribution is 2.47. The average Bonchev–Trinajstić information content (AvgIpc) is 2.69. The Bertz CT molecular complexity index is 614. The largest absolute Gasteiger partial charge is 0.444 e. The van der Waals surface area contributed by atoms with Gasteiger partial charge in [0.2, 0.25) is 0 Å². The van der Waals surface area contributed by atoms with E-state index in [4.69, 9.17) is 9.47 Å². The van der Waals surface area contributed by atoms with Crippen molar-refractivity contribution >= 4 is 15.9 Å². The van der Waals surface area contributed by atoms with E-state index in [9.17, 15) is 0 Å². The number of halogens is 1. The molecule has 2 aromatic rings. The molecule has 1 aromatic carbocycles. The normalized spacial score (nSPS) is 21.1. The third-order valence-electron chi connectivity index (χ3n) is 3.03. The molecule has 1 aliphatic heterocycles. The Morgan fingerprint density at radius 1 is 1.17 bits per heavy atom. The SMILES string of the molecule is Cc1ncccc1C1(C)Oc2cccc(Br)c2O1. The molecule has 0 fully saturated rings. The first-order valence-corrected chi connectivity index (χ1v) is 6.48. The summed E-state index contributed by atoms with van der Waals surface area (Å²) >= 11 is 3.47. The molecule has 3 nitrogen and oxygen atoms in total. The highest BCUT2D eigenvalue weighted by atomic mass is 79.9. The van der Waals surface area contributed by atoms with Crippen molar-refractivity contribution in [1.29, 1.82) is 0 Å². The fraction of sp³-hybridized carbons (Fsp3) is 0.214. The zero-order valence-corrected chi connectivity index (χ0v) is 11.7. The Hall–Kier alpha value is -1.55. The maximum absolute atomic E-state index is 5.98. The topological polar surface area (TPSA) is 31.4 Å². The predicted molar refractivity (Wildman–Crippen MR) is 71.7 cm³/mol. The van der Waals surface area contributed by atoms with Crippen molar-refractivity contribution in [3.8, 4) is 11.5 Å². The Morgan fingerprint density at radius 3 is 2.72 bits per heavy atom. The van der Waals surface area contributed by atoms with E-state index in [0.29, 0.717) is 0 Å². The molecular formula is C14H12BrNO2. The van der Waals surface area contributed by atoms with Gasteiger partial charge in [0.1, 0.15) is 0 Å². The summed E-state index contributed by atoms with van der Waals surface area (Å²) in [7, 11) is 0. The van der Waals surface area contributed by atoms with Gasteiger partial charge in [0.15, 0.2) is 11.5 Å². The maximum atomic E-state index is 5.98. The minimum absolute atomic E-state index is 0.739. The monoisotopic (exact) mass is 305 g/mol. The van der Waals surface area contributed by atoms with Crippen LogP contribution in [0.4, 0.5) is 0 Å². The van der Waals surface area contributed by atoms with Crippen molar-refractivity contribution < 1.29 is 9.47 Å². The fourth-order valence-corrected chi connectivity index (χ4v) is 2.60. The number of aromatic nitrogens is 1. The molecule has 1 unspecified atom stereocenters. The molecule has 1 aliphatic rings. The molecule has 1 atom stereocenters. The first kappa shape index (κ1) is 11.5. The third-order valence-corrected chi connectivity index (χ3v) is 3.65. The zero-order valence-electron chi connectivity index (χ0n) is 10.1. The number of hydrogen-bond donors (Lipinski definition) is 0. The molecule has 2 heterocycles. The van der Waals surface area contributed by atoms with Crippen LogP contribution in [0.3, 0.4) is 0 Å². The van der Waals surface area contributed by atoms with Gasteiger partial charge in [-0.1, -0.05) is 6.07 Å². The predicted octanol–water partition coefficient (Wildman–Crippen LogP) is 3.80. The van der Waals surface area contributed by atoms with Gasteiger partial charge in [0, 0.05) is 18.8 Å². The van der Waals surface area contributed by atoms with E-state index in [-0.39, 0.29) is 0 Å². The molecule has 0 amide bonds. The molecule has 4 heteroatoms. The van der Waals surface area contributed by atoms with Gasteiger partial charge in [0.25, 0.3) is 5.79 Å². The molecular weight excluding hydrogens is 294 g/mol. The zero-order chi connectivity index (χ0) is 12.8. The minimum atomic E-state index is -0.815. The summed E-state index contributed by atoms with van der Waals surface area (Å²) in [6.07, 6.45) is 1.76. The number of nitrogens with zero attached hydrogens (tertiary/aromatic N) is 1. The highest BCUT2D eigenvalue weighted by molar-refractivity contribution is 9.10. The van der Waals surface area contributed by atoms with E-state index in [1.807, 2.05) is 44.2 Å². The average molecular weight is 306 g/mol. The number of fused-ring (bicyclic) bond motifs is 1. The van der Waals surface area contributed by atoms with E-state index >= 15 is 0 Å². The van der Waals surface area contributed by atoms with Crippen LogP contribution in [-0.4, -0.2) is 4.98 Å². The maximum Gasteiger partial charge on any atom is 0.277 e. The lowest BCUT2D eigenvalue weighted by Gasteiger charge is -2.24. The van der Waals surface area contributed by atoms with E-state index < -0.39 is 5.79 Å². The number of hydrogen-bond acceptors (Lipinski definition) is 3. The number of rotatable bonds is 1. The molecule has 3 rings (SSSR count). The standard InChI is InChI=1S/C14H12BrNO2/c1-9-10(5-4-8-16-9)14(2)17-12-7-3-6-11(15)13(12)18-14/h3-8H,1-2H3. The summed E-state index contributed by atoms with van der Waals surface area (Å²) in [4.78, 5) is 4.28. The minimum Gasteiger partial charge on any atom is -0.444 e. The summed E-state index contributed by atoms with van der Waals surface area (Å²) in [5, 5.41) is 0. The number of aryl methyl sites for hydroxylation is 1. The first-order valence-electron chi connectivity index (χ1n) is 5.69. The molecule has 0 spiro atoms. The smallest absolute Gasteiger partial charge is 0.277 e. The molecule has 0 aliphatic carbocycles. The molecule has 0 bridgehead atoms. The number of pyridine rings is 1. The van der Waals surface area contributed by atoms with Crippen LogP contribution in [-0.2, 0) is 5.79 Å². The lowest BCUT2D eigenvalue weighted by atomic mass is 10.1. The van der Waals surface area contributed by atoms with E-state index in [1.165, 1.54) is 0 Å². The van der Waals surface area contributed by atoms with Crippen LogP contribution in [0.1, 0.15) is 18.2 Å². The van der Waals surface area contributed by atoms with Crippen molar-refractivity contribution in [1.82, 2.24) is 4.98 Å². The van der Waals surface area contributed by atoms with Crippen LogP contribution < -0.4 is 9.47 Å². The summed E-state index contributed by atoms with van der Waals surface area (Å²) in [5.74, 6) is 0.670. The summed E-state index contributed by atoms with van der Waals surface area (Å²) in [6.45, 7) is 3.86. The molecule has 0 saturated carbocycles. The third kappa shape index (κ3) is 1.68. The lowest BCUT2D eigenvalue weighted by Crippen LogP contribution is -2.32. The second-order valence-corrected chi connectivity index (χ2v) is 5.21. The van der Waals surface area contributed by atoms with Crippen molar-refractivity contribution in [3.05, 3.63) is 52.3 Å². The van der Waals surface area contributed by atoms with Gasteiger partial charge in [-0.25, -0.2) is 0 Å². The van der Waals surface area contributed by atoms with Crippen molar-refractivity contribution in [2.75, 3.05) is 0 Å². The molecule has 1 aromatic heterocycles. The van der Waals surface area contributed by atoms with Gasteiger partial charge in [0.05, 0.1) is 10.0 Å². The highest BCUT2D eigenvalue weighted by Gasteiger charge is 2.40. The first-order chi connectivity index (χ1) is 8.60. The Morgan fingerprint density at radius 2 is 2.00 bits per heavy atom. The van der Waals surface area contributed by atoms with Gasteiger partial charge >= 0.3 is 0 Å². The van der Waals surface area contributed by atoms with Gasteiger partial charge < -0.3 is 9.47 Å². The van der Waals surface area contributed by atoms with Gasteiger partial charge in [-0.3, -0.25) is 4.98 Å². The lowest BCUT2D eigenvalue weighted by molar-refractivity contribution is -0.0691. The van der Waals surface area contributed by atoms with Crippen molar-refractivity contribution in [2.45, 2.75) is 19.6 Å². The molecule has 0 radical (unpaired) electrons. The van der Waals surface area contributed by atoms with Gasteiger partial charge in [-0.2, -0.15) is 0 Å². The number of benzene rings is 1.